The number of aryl methyl sites for hydroxylation is 2. The minimum absolute atomic E-state index is 0.776. The Hall–Kier alpha value is -1.68. The standard InChI is InChI=1S/C14H20N4/c1-4-7-15-9-13-10-18(17-16-13)14-8-11(2)5-6-12(14)3/h5-6,8,10,15H,4,7,9H2,1-3H3. The van der Waals surface area contributed by atoms with E-state index in [1.54, 1.807) is 0 Å². The van der Waals surface area contributed by atoms with Gasteiger partial charge in [0, 0.05) is 6.54 Å². The fourth-order valence-electron chi connectivity index (χ4n) is 1.86. The predicted molar refractivity (Wildman–Crippen MR) is 72.8 cm³/mol. The fourth-order valence-corrected chi connectivity index (χ4v) is 1.86. The Kier molecular flexibility index (Phi) is 4.10. The quantitative estimate of drug-likeness (QED) is 0.821. The summed E-state index contributed by atoms with van der Waals surface area (Å²) < 4.78 is 1.85. The molecule has 0 aliphatic carbocycles. The third-order valence-electron chi connectivity index (χ3n) is 2.89. The summed E-state index contributed by atoms with van der Waals surface area (Å²) in [4.78, 5) is 0. The second kappa shape index (κ2) is 5.78. The van der Waals surface area contributed by atoms with E-state index in [0.29, 0.717) is 0 Å². The number of hydrogen-bond acceptors (Lipinski definition) is 3. The fraction of sp³-hybridized carbons (Fsp3) is 0.429. The first-order valence-corrected chi connectivity index (χ1v) is 6.40. The molecule has 2 rings (SSSR count). The molecule has 96 valence electrons. The first kappa shape index (κ1) is 12.8. The van der Waals surface area contributed by atoms with Gasteiger partial charge in [-0.3, -0.25) is 0 Å². The van der Waals surface area contributed by atoms with E-state index in [-0.39, 0.29) is 0 Å². The number of hydrogen-bond donors (Lipinski definition) is 1. The second-order valence-electron chi connectivity index (χ2n) is 4.62. The van der Waals surface area contributed by atoms with E-state index in [1.807, 2.05) is 10.9 Å². The van der Waals surface area contributed by atoms with E-state index in [1.165, 1.54) is 11.1 Å². The Morgan fingerprint density at radius 1 is 1.28 bits per heavy atom. The average molecular weight is 244 g/mol. The summed E-state index contributed by atoms with van der Waals surface area (Å²) in [5.41, 5.74) is 4.52. The zero-order valence-corrected chi connectivity index (χ0v) is 11.3. The van der Waals surface area contributed by atoms with E-state index in [0.717, 1.165) is 30.9 Å². The van der Waals surface area contributed by atoms with E-state index in [4.69, 9.17) is 0 Å². The summed E-state index contributed by atoms with van der Waals surface area (Å²) in [5.74, 6) is 0. The van der Waals surface area contributed by atoms with E-state index in [9.17, 15) is 0 Å². The number of nitrogens with one attached hydrogen (secondary N) is 1. The lowest BCUT2D eigenvalue weighted by Crippen LogP contribution is -2.13. The Morgan fingerprint density at radius 2 is 2.11 bits per heavy atom. The van der Waals surface area contributed by atoms with Gasteiger partial charge in [0.1, 0.15) is 0 Å². The molecule has 0 radical (unpaired) electrons. The molecular formula is C14H20N4. The lowest BCUT2D eigenvalue weighted by atomic mass is 10.1. The maximum absolute atomic E-state index is 4.19. The SMILES string of the molecule is CCCNCc1cn(-c2cc(C)ccc2C)nn1. The van der Waals surface area contributed by atoms with E-state index >= 15 is 0 Å². The van der Waals surface area contributed by atoms with Gasteiger partial charge < -0.3 is 5.32 Å². The maximum Gasteiger partial charge on any atom is 0.0969 e. The van der Waals surface area contributed by atoms with Crippen molar-refractivity contribution in [2.45, 2.75) is 33.7 Å². The monoisotopic (exact) mass is 244 g/mol. The average Bonchev–Trinajstić information content (AvgIpc) is 2.81. The molecule has 1 heterocycles. The van der Waals surface area contributed by atoms with Crippen molar-refractivity contribution in [3.05, 3.63) is 41.2 Å². The zero-order valence-electron chi connectivity index (χ0n) is 11.3. The lowest BCUT2D eigenvalue weighted by Gasteiger charge is -2.05. The highest BCUT2D eigenvalue weighted by Gasteiger charge is 2.05. The Morgan fingerprint density at radius 3 is 2.89 bits per heavy atom. The van der Waals surface area contributed by atoms with Crippen LogP contribution in [0.1, 0.15) is 30.2 Å². The van der Waals surface area contributed by atoms with E-state index < -0.39 is 0 Å². The van der Waals surface area contributed by atoms with Crippen molar-refractivity contribution in [3.8, 4) is 5.69 Å². The lowest BCUT2D eigenvalue weighted by molar-refractivity contribution is 0.662. The van der Waals surface area contributed by atoms with Gasteiger partial charge in [0.05, 0.1) is 17.6 Å². The first-order chi connectivity index (χ1) is 8.70. The van der Waals surface area contributed by atoms with Crippen molar-refractivity contribution in [2.75, 3.05) is 6.54 Å². The van der Waals surface area contributed by atoms with Crippen molar-refractivity contribution >= 4 is 0 Å². The predicted octanol–water partition coefficient (Wildman–Crippen LogP) is 2.38. The van der Waals surface area contributed by atoms with Gasteiger partial charge in [-0.2, -0.15) is 0 Å². The van der Waals surface area contributed by atoms with Crippen LogP contribution >= 0.6 is 0 Å². The van der Waals surface area contributed by atoms with Crippen LogP contribution in [0.4, 0.5) is 0 Å². The third-order valence-corrected chi connectivity index (χ3v) is 2.89. The van der Waals surface area contributed by atoms with Gasteiger partial charge in [-0.25, -0.2) is 4.68 Å². The molecule has 4 nitrogen and oxygen atoms in total. The highest BCUT2D eigenvalue weighted by atomic mass is 15.4. The van der Waals surface area contributed by atoms with Crippen LogP contribution in [0.3, 0.4) is 0 Å². The number of nitrogens with zero attached hydrogens (tertiary/aromatic N) is 3. The molecule has 4 heteroatoms. The molecule has 1 aromatic heterocycles. The molecular weight excluding hydrogens is 224 g/mol. The van der Waals surface area contributed by atoms with Crippen LogP contribution in [0.15, 0.2) is 24.4 Å². The van der Waals surface area contributed by atoms with E-state index in [2.05, 4.69) is 54.6 Å². The van der Waals surface area contributed by atoms with Gasteiger partial charge in [0.15, 0.2) is 0 Å². The van der Waals surface area contributed by atoms with Crippen LogP contribution in [0.2, 0.25) is 0 Å². The molecule has 0 aliphatic rings. The Bertz CT molecular complexity index is 516. The molecule has 0 amide bonds. The minimum atomic E-state index is 0.776. The van der Waals surface area contributed by atoms with Crippen LogP contribution in [-0.2, 0) is 6.54 Å². The zero-order chi connectivity index (χ0) is 13.0. The Labute approximate surface area is 108 Å². The summed E-state index contributed by atoms with van der Waals surface area (Å²) in [6.07, 6.45) is 3.12. The second-order valence-corrected chi connectivity index (χ2v) is 4.62. The first-order valence-electron chi connectivity index (χ1n) is 6.40. The molecule has 0 aliphatic heterocycles. The molecule has 1 aromatic carbocycles. The van der Waals surface area contributed by atoms with Crippen molar-refractivity contribution in [2.24, 2.45) is 0 Å². The summed E-state index contributed by atoms with van der Waals surface area (Å²) in [6, 6.07) is 6.36. The molecule has 0 atom stereocenters. The number of rotatable bonds is 5. The van der Waals surface area contributed by atoms with Crippen molar-refractivity contribution in [1.29, 1.82) is 0 Å². The van der Waals surface area contributed by atoms with Crippen molar-refractivity contribution in [3.63, 3.8) is 0 Å². The highest BCUT2D eigenvalue weighted by Crippen LogP contribution is 2.14. The van der Waals surface area contributed by atoms with Gasteiger partial charge in [0.25, 0.3) is 0 Å². The van der Waals surface area contributed by atoms with Crippen LogP contribution in [0.25, 0.3) is 5.69 Å². The molecule has 0 saturated carbocycles. The highest BCUT2D eigenvalue weighted by molar-refractivity contribution is 5.42. The molecule has 0 unspecified atom stereocenters. The molecule has 0 spiro atoms. The minimum Gasteiger partial charge on any atom is -0.311 e. The normalized spacial score (nSPS) is 10.8. The van der Waals surface area contributed by atoms with Crippen LogP contribution in [0.5, 0.6) is 0 Å². The Balaban J connectivity index is 2.16. The third kappa shape index (κ3) is 2.96. The van der Waals surface area contributed by atoms with Crippen molar-refractivity contribution < 1.29 is 0 Å². The summed E-state index contributed by atoms with van der Waals surface area (Å²) in [6.45, 7) is 8.12. The summed E-state index contributed by atoms with van der Waals surface area (Å²) in [7, 11) is 0. The van der Waals surface area contributed by atoms with Gasteiger partial charge in [-0.05, 0) is 44.0 Å². The van der Waals surface area contributed by atoms with Gasteiger partial charge >= 0.3 is 0 Å². The topological polar surface area (TPSA) is 42.7 Å². The number of aromatic nitrogens is 3. The van der Waals surface area contributed by atoms with Crippen LogP contribution in [-0.4, -0.2) is 21.5 Å². The number of benzene rings is 1. The van der Waals surface area contributed by atoms with Crippen LogP contribution in [0, 0.1) is 13.8 Å². The summed E-state index contributed by atoms with van der Waals surface area (Å²) in [5, 5.41) is 11.7. The van der Waals surface area contributed by atoms with Gasteiger partial charge in [0.2, 0.25) is 0 Å². The molecule has 0 bridgehead atoms. The smallest absolute Gasteiger partial charge is 0.0969 e. The summed E-state index contributed by atoms with van der Waals surface area (Å²) >= 11 is 0. The molecule has 2 aromatic rings. The molecule has 18 heavy (non-hydrogen) atoms. The van der Waals surface area contributed by atoms with Crippen LogP contribution < -0.4 is 5.32 Å². The molecule has 0 saturated heterocycles. The van der Waals surface area contributed by atoms with Gasteiger partial charge in [-0.1, -0.05) is 24.3 Å². The molecule has 1 N–H and O–H groups in total. The maximum atomic E-state index is 4.19. The largest absolute Gasteiger partial charge is 0.311 e. The molecule has 0 fully saturated rings. The van der Waals surface area contributed by atoms with Crippen molar-refractivity contribution in [1.82, 2.24) is 20.3 Å². The van der Waals surface area contributed by atoms with Gasteiger partial charge in [-0.15, -0.1) is 5.10 Å².